The van der Waals surface area contributed by atoms with Crippen LogP contribution in [-0.2, 0) is 10.9 Å². The van der Waals surface area contributed by atoms with E-state index in [-0.39, 0.29) is 10.6 Å². The van der Waals surface area contributed by atoms with Gasteiger partial charge in [0.05, 0.1) is 23.3 Å². The number of halogens is 4. The summed E-state index contributed by atoms with van der Waals surface area (Å²) in [7, 11) is 1.19. The number of alkyl halides is 3. The third kappa shape index (κ3) is 3.16. The van der Waals surface area contributed by atoms with Gasteiger partial charge in [-0.2, -0.15) is 13.2 Å². The first-order valence-electron chi connectivity index (χ1n) is 5.74. The average molecular weight is 316 g/mol. The number of carbonyl (C=O) groups is 1. The Balaban J connectivity index is 2.52. The molecule has 1 heterocycles. The fourth-order valence-corrected chi connectivity index (χ4v) is 2.04. The number of pyridine rings is 1. The maximum atomic E-state index is 12.5. The number of esters is 1. The van der Waals surface area contributed by atoms with Crippen LogP contribution in [0, 0.1) is 0 Å². The molecule has 0 atom stereocenters. The quantitative estimate of drug-likeness (QED) is 0.779. The van der Waals surface area contributed by atoms with E-state index in [1.54, 1.807) is 0 Å². The Bertz CT molecular complexity index is 669. The molecule has 0 saturated heterocycles. The van der Waals surface area contributed by atoms with Gasteiger partial charge in [-0.1, -0.05) is 23.7 Å². The second kappa shape index (κ2) is 5.73. The first-order chi connectivity index (χ1) is 9.84. The van der Waals surface area contributed by atoms with Crippen molar-refractivity contribution in [3.63, 3.8) is 0 Å². The minimum atomic E-state index is -4.42. The lowest BCUT2D eigenvalue weighted by Gasteiger charge is -2.11. The third-order valence-corrected chi connectivity index (χ3v) is 3.10. The van der Waals surface area contributed by atoms with Crippen LogP contribution in [0.5, 0.6) is 0 Å². The highest BCUT2D eigenvalue weighted by Gasteiger charge is 2.30. The molecule has 2 aromatic rings. The first kappa shape index (κ1) is 15.3. The molecule has 2 rings (SSSR count). The van der Waals surface area contributed by atoms with E-state index in [1.165, 1.54) is 31.6 Å². The number of ether oxygens (including phenoxy) is 1. The van der Waals surface area contributed by atoms with Crippen LogP contribution in [0.1, 0.15) is 15.9 Å². The summed E-state index contributed by atoms with van der Waals surface area (Å²) in [5, 5.41) is 0.0687. The molecule has 21 heavy (non-hydrogen) atoms. The monoisotopic (exact) mass is 315 g/mol. The van der Waals surface area contributed by atoms with Gasteiger partial charge in [-0.3, -0.25) is 4.98 Å². The zero-order valence-corrected chi connectivity index (χ0v) is 11.5. The summed E-state index contributed by atoms with van der Waals surface area (Å²) in [5.74, 6) is -0.683. The highest BCUT2D eigenvalue weighted by atomic mass is 35.5. The van der Waals surface area contributed by atoms with Crippen LogP contribution in [0.3, 0.4) is 0 Å². The third-order valence-electron chi connectivity index (χ3n) is 2.81. The van der Waals surface area contributed by atoms with E-state index in [2.05, 4.69) is 9.72 Å². The van der Waals surface area contributed by atoms with Gasteiger partial charge in [-0.05, 0) is 17.7 Å². The van der Waals surface area contributed by atoms with Crippen molar-refractivity contribution in [2.24, 2.45) is 0 Å². The van der Waals surface area contributed by atoms with Gasteiger partial charge in [0.25, 0.3) is 0 Å². The number of nitrogens with zero attached hydrogens (tertiary/aromatic N) is 1. The van der Waals surface area contributed by atoms with Crippen molar-refractivity contribution in [1.82, 2.24) is 4.98 Å². The largest absolute Gasteiger partial charge is 0.465 e. The number of hydrogen-bond donors (Lipinski definition) is 0. The van der Waals surface area contributed by atoms with Crippen LogP contribution in [0.15, 0.2) is 36.7 Å². The molecule has 0 radical (unpaired) electrons. The average Bonchev–Trinajstić information content (AvgIpc) is 2.45. The first-order valence-corrected chi connectivity index (χ1v) is 6.12. The lowest BCUT2D eigenvalue weighted by molar-refractivity contribution is -0.137. The summed E-state index contributed by atoms with van der Waals surface area (Å²) in [6.07, 6.45) is -1.81. The van der Waals surface area contributed by atoms with Gasteiger partial charge in [-0.15, -0.1) is 0 Å². The number of methoxy groups -OCH3 is 1. The normalized spacial score (nSPS) is 11.3. The van der Waals surface area contributed by atoms with Crippen molar-refractivity contribution in [2.45, 2.75) is 6.18 Å². The molecule has 0 aliphatic heterocycles. The Kier molecular flexibility index (Phi) is 4.18. The van der Waals surface area contributed by atoms with E-state index in [0.29, 0.717) is 11.1 Å². The molecule has 3 nitrogen and oxygen atoms in total. The lowest BCUT2D eigenvalue weighted by Crippen LogP contribution is -2.06. The lowest BCUT2D eigenvalue weighted by atomic mass is 10.0. The highest BCUT2D eigenvalue weighted by Crippen LogP contribution is 2.33. The van der Waals surface area contributed by atoms with Gasteiger partial charge in [0.2, 0.25) is 0 Å². The van der Waals surface area contributed by atoms with Crippen molar-refractivity contribution in [3.8, 4) is 11.1 Å². The Morgan fingerprint density at radius 3 is 2.33 bits per heavy atom. The van der Waals surface area contributed by atoms with Crippen molar-refractivity contribution in [1.29, 1.82) is 0 Å². The van der Waals surface area contributed by atoms with Crippen LogP contribution < -0.4 is 0 Å². The van der Waals surface area contributed by atoms with Gasteiger partial charge in [0.15, 0.2) is 0 Å². The van der Waals surface area contributed by atoms with Crippen molar-refractivity contribution < 1.29 is 22.7 Å². The zero-order valence-electron chi connectivity index (χ0n) is 10.7. The van der Waals surface area contributed by atoms with Crippen LogP contribution in [0.25, 0.3) is 11.1 Å². The molecule has 7 heteroatoms. The van der Waals surface area contributed by atoms with E-state index < -0.39 is 17.7 Å². The van der Waals surface area contributed by atoms with E-state index >= 15 is 0 Å². The van der Waals surface area contributed by atoms with Crippen LogP contribution >= 0.6 is 11.6 Å². The van der Waals surface area contributed by atoms with Crippen molar-refractivity contribution in [3.05, 3.63) is 52.8 Å². The van der Waals surface area contributed by atoms with Crippen LogP contribution in [0.2, 0.25) is 5.02 Å². The van der Waals surface area contributed by atoms with Crippen LogP contribution in [-0.4, -0.2) is 18.1 Å². The van der Waals surface area contributed by atoms with E-state index in [1.807, 2.05) is 0 Å². The molecule has 0 amide bonds. The molecular weight excluding hydrogens is 307 g/mol. The predicted molar refractivity (Wildman–Crippen MR) is 71.0 cm³/mol. The number of benzene rings is 1. The standard InChI is InChI=1S/C14H9ClF3NO2/c1-21-13(20)12-10(6-19-7-11(12)15)8-2-4-9(5-3-8)14(16,17)18/h2-7H,1H3. The van der Waals surface area contributed by atoms with Crippen LogP contribution in [0.4, 0.5) is 13.2 Å². The summed E-state index contributed by atoms with van der Waals surface area (Å²) in [4.78, 5) is 15.6. The molecular formula is C14H9ClF3NO2. The predicted octanol–water partition coefficient (Wildman–Crippen LogP) is 4.21. The molecule has 0 aliphatic rings. The smallest absolute Gasteiger partial charge is 0.416 e. The molecule has 0 bridgehead atoms. The SMILES string of the molecule is COC(=O)c1c(Cl)cncc1-c1ccc(C(F)(F)F)cc1. The Labute approximate surface area is 123 Å². The van der Waals surface area contributed by atoms with E-state index in [0.717, 1.165) is 12.1 Å². The maximum absolute atomic E-state index is 12.5. The Morgan fingerprint density at radius 2 is 1.81 bits per heavy atom. The summed E-state index contributed by atoms with van der Waals surface area (Å²) in [5.41, 5.74) is -0.0174. The van der Waals surface area contributed by atoms with Gasteiger partial charge >= 0.3 is 12.1 Å². The van der Waals surface area contributed by atoms with Gasteiger partial charge in [0, 0.05) is 18.0 Å². The van der Waals surface area contributed by atoms with Crippen molar-refractivity contribution >= 4 is 17.6 Å². The molecule has 0 unspecified atom stereocenters. The second-order valence-electron chi connectivity index (χ2n) is 4.11. The Morgan fingerprint density at radius 1 is 1.19 bits per heavy atom. The molecule has 0 fully saturated rings. The van der Waals surface area contributed by atoms with Gasteiger partial charge < -0.3 is 4.74 Å². The van der Waals surface area contributed by atoms with Gasteiger partial charge in [0.1, 0.15) is 0 Å². The minimum absolute atomic E-state index is 0.0638. The van der Waals surface area contributed by atoms with Crippen molar-refractivity contribution in [2.75, 3.05) is 7.11 Å². The molecule has 110 valence electrons. The number of carbonyl (C=O) groups excluding carboxylic acids is 1. The maximum Gasteiger partial charge on any atom is 0.416 e. The number of aromatic nitrogens is 1. The summed E-state index contributed by atoms with van der Waals surface area (Å²) in [6.45, 7) is 0. The number of hydrogen-bond acceptors (Lipinski definition) is 3. The molecule has 1 aromatic carbocycles. The summed E-state index contributed by atoms with van der Waals surface area (Å²) >= 11 is 5.91. The molecule has 0 N–H and O–H groups in total. The summed E-state index contributed by atoms with van der Waals surface area (Å²) < 4.78 is 42.2. The fraction of sp³-hybridized carbons (Fsp3) is 0.143. The number of rotatable bonds is 2. The van der Waals surface area contributed by atoms with E-state index in [4.69, 9.17) is 11.6 Å². The fourth-order valence-electron chi connectivity index (χ4n) is 1.80. The minimum Gasteiger partial charge on any atom is -0.465 e. The molecule has 1 aromatic heterocycles. The second-order valence-corrected chi connectivity index (χ2v) is 4.52. The topological polar surface area (TPSA) is 39.2 Å². The zero-order chi connectivity index (χ0) is 15.6. The molecule has 0 aliphatic carbocycles. The molecule has 0 spiro atoms. The highest BCUT2D eigenvalue weighted by molar-refractivity contribution is 6.34. The molecule has 0 saturated carbocycles. The van der Waals surface area contributed by atoms with Gasteiger partial charge in [-0.25, -0.2) is 4.79 Å². The van der Waals surface area contributed by atoms with E-state index in [9.17, 15) is 18.0 Å². The summed E-state index contributed by atoms with van der Waals surface area (Å²) in [6, 6.07) is 4.36. The Hall–Kier alpha value is -2.08.